The van der Waals surface area contributed by atoms with Crippen LogP contribution in [0.15, 0.2) is 55.2 Å². The third kappa shape index (κ3) is 5.07. The number of nitrogens with zero attached hydrogens (tertiary/aromatic N) is 7. The van der Waals surface area contributed by atoms with Crippen LogP contribution in [-0.2, 0) is 13.1 Å². The smallest absolute Gasteiger partial charge is 0.180 e. The van der Waals surface area contributed by atoms with Gasteiger partial charge in [-0.3, -0.25) is 9.67 Å². The molecule has 5 aromatic rings. The van der Waals surface area contributed by atoms with Gasteiger partial charge in [-0.25, -0.2) is 15.0 Å². The second-order valence-corrected chi connectivity index (χ2v) is 8.50. The van der Waals surface area contributed by atoms with Crippen LogP contribution in [-0.4, -0.2) is 55.5 Å². The molecule has 190 valence electrons. The summed E-state index contributed by atoms with van der Waals surface area (Å²) in [6.07, 6.45) is 9.86. The summed E-state index contributed by atoms with van der Waals surface area (Å²) >= 11 is 0. The first-order valence-corrected chi connectivity index (χ1v) is 11.9. The molecule has 0 aliphatic heterocycles. The Morgan fingerprint density at radius 1 is 1.08 bits per heavy atom. The van der Waals surface area contributed by atoms with E-state index in [1.807, 2.05) is 42.1 Å². The molecule has 4 aromatic heterocycles. The third-order valence-electron chi connectivity index (χ3n) is 6.10. The molecule has 11 nitrogen and oxygen atoms in total. The number of fused-ring (bicyclic) bond motifs is 1. The van der Waals surface area contributed by atoms with Gasteiger partial charge in [0.05, 0.1) is 44.5 Å². The number of pyridine rings is 1. The highest BCUT2D eigenvalue weighted by molar-refractivity contribution is 5.77. The molecule has 0 atom stereocenters. The van der Waals surface area contributed by atoms with Crippen LogP contribution in [0.1, 0.15) is 17.8 Å². The molecule has 1 aromatic carbocycles. The van der Waals surface area contributed by atoms with Gasteiger partial charge in [0.15, 0.2) is 5.65 Å². The number of benzene rings is 1. The lowest BCUT2D eigenvalue weighted by molar-refractivity contribution is 0.392. The highest BCUT2D eigenvalue weighted by atomic mass is 16.5. The number of ether oxygens (including phenoxy) is 2. The van der Waals surface area contributed by atoms with Crippen molar-refractivity contribution in [1.82, 2.24) is 34.7 Å². The van der Waals surface area contributed by atoms with E-state index in [0.717, 1.165) is 35.6 Å². The van der Waals surface area contributed by atoms with E-state index in [4.69, 9.17) is 25.2 Å². The van der Waals surface area contributed by atoms with Gasteiger partial charge in [-0.15, -0.1) is 0 Å². The number of H-pyrrole nitrogens is 1. The maximum atomic E-state index is 5.63. The highest BCUT2D eigenvalue weighted by Crippen LogP contribution is 2.38. The average Bonchev–Trinajstić information content (AvgIpc) is 3.63. The molecule has 0 aliphatic rings. The molecule has 0 amide bonds. The van der Waals surface area contributed by atoms with Gasteiger partial charge < -0.3 is 25.1 Å². The monoisotopic (exact) mass is 499 g/mol. The van der Waals surface area contributed by atoms with Gasteiger partial charge >= 0.3 is 0 Å². The molecule has 37 heavy (non-hydrogen) atoms. The van der Waals surface area contributed by atoms with E-state index in [1.165, 1.54) is 0 Å². The number of imidazole rings is 1. The van der Waals surface area contributed by atoms with E-state index in [-0.39, 0.29) is 0 Å². The first-order valence-electron chi connectivity index (χ1n) is 11.9. The predicted octanol–water partition coefficient (Wildman–Crippen LogP) is 3.62. The van der Waals surface area contributed by atoms with Crippen molar-refractivity contribution in [3.8, 4) is 22.8 Å². The first-order chi connectivity index (χ1) is 18.1. The van der Waals surface area contributed by atoms with Crippen LogP contribution in [0.2, 0.25) is 0 Å². The van der Waals surface area contributed by atoms with Crippen LogP contribution in [0.4, 0.5) is 11.5 Å². The zero-order valence-corrected chi connectivity index (χ0v) is 21.0. The van der Waals surface area contributed by atoms with E-state index >= 15 is 0 Å². The number of anilines is 2. The standard InChI is InChI=1S/C26H29N9O2/c1-17-22(11-19(36-2)12-23(17)37-3)35(16-24-28-8-9-29-24)25-6-5-20-26(33-25)32-21(14-30-20)18-13-31-34(15-18)10-4-7-27/h5-6,8-9,11-15H,4,7,10,16,27H2,1-3H3,(H,28,29). The molecule has 0 aliphatic carbocycles. The largest absolute Gasteiger partial charge is 0.497 e. The number of hydrogen-bond acceptors (Lipinski definition) is 9. The van der Waals surface area contributed by atoms with Gasteiger partial charge in [-0.05, 0) is 32.0 Å². The number of hydrogen-bond donors (Lipinski definition) is 2. The zero-order valence-electron chi connectivity index (χ0n) is 21.0. The highest BCUT2D eigenvalue weighted by Gasteiger charge is 2.20. The lowest BCUT2D eigenvalue weighted by Crippen LogP contribution is -2.20. The van der Waals surface area contributed by atoms with Crippen LogP contribution in [0, 0.1) is 6.92 Å². The quantitative estimate of drug-likeness (QED) is 0.295. The third-order valence-corrected chi connectivity index (χ3v) is 6.10. The summed E-state index contributed by atoms with van der Waals surface area (Å²) in [4.78, 5) is 24.0. The molecule has 0 saturated heterocycles. The molecule has 3 N–H and O–H groups in total. The van der Waals surface area contributed by atoms with Crippen molar-refractivity contribution in [2.24, 2.45) is 5.73 Å². The number of aryl methyl sites for hydroxylation is 1. The molecule has 0 bridgehead atoms. The summed E-state index contributed by atoms with van der Waals surface area (Å²) in [6.45, 7) is 3.82. The summed E-state index contributed by atoms with van der Waals surface area (Å²) in [7, 11) is 3.28. The molecule has 5 rings (SSSR count). The van der Waals surface area contributed by atoms with Crippen molar-refractivity contribution in [2.75, 3.05) is 25.7 Å². The van der Waals surface area contributed by atoms with E-state index in [9.17, 15) is 0 Å². The Kier molecular flexibility index (Phi) is 6.95. The fraction of sp³-hybridized carbons (Fsp3) is 0.269. The number of nitrogens with two attached hydrogens (primary N) is 1. The molecular weight excluding hydrogens is 470 g/mol. The Morgan fingerprint density at radius 3 is 2.73 bits per heavy atom. The lowest BCUT2D eigenvalue weighted by Gasteiger charge is -2.26. The maximum absolute atomic E-state index is 5.63. The van der Waals surface area contributed by atoms with Gasteiger partial charge in [0.25, 0.3) is 0 Å². The second kappa shape index (κ2) is 10.6. The minimum Gasteiger partial charge on any atom is -0.497 e. The van der Waals surface area contributed by atoms with E-state index in [2.05, 4.69) is 25.0 Å². The van der Waals surface area contributed by atoms with Crippen LogP contribution >= 0.6 is 0 Å². The molecular formula is C26H29N9O2. The van der Waals surface area contributed by atoms with Crippen molar-refractivity contribution in [3.63, 3.8) is 0 Å². The molecule has 4 heterocycles. The van der Waals surface area contributed by atoms with Crippen LogP contribution in [0.3, 0.4) is 0 Å². The lowest BCUT2D eigenvalue weighted by atomic mass is 10.1. The Hall–Kier alpha value is -4.51. The molecule has 0 spiro atoms. The van der Waals surface area contributed by atoms with E-state index in [0.29, 0.717) is 47.3 Å². The summed E-state index contributed by atoms with van der Waals surface area (Å²) in [5.74, 6) is 2.87. The number of nitrogens with one attached hydrogen (secondary N) is 1. The maximum Gasteiger partial charge on any atom is 0.180 e. The summed E-state index contributed by atoms with van der Waals surface area (Å²) in [5.41, 5.74) is 10.3. The minimum atomic E-state index is 0.448. The van der Waals surface area contributed by atoms with Crippen molar-refractivity contribution in [3.05, 3.63) is 66.6 Å². The van der Waals surface area contributed by atoms with Gasteiger partial charge in [-0.2, -0.15) is 5.10 Å². The predicted molar refractivity (Wildman–Crippen MR) is 141 cm³/mol. The zero-order chi connectivity index (χ0) is 25.8. The van der Waals surface area contributed by atoms with Gasteiger partial charge in [0, 0.05) is 48.4 Å². The first kappa shape index (κ1) is 24.2. The molecule has 0 radical (unpaired) electrons. The van der Waals surface area contributed by atoms with Crippen LogP contribution in [0.25, 0.3) is 22.4 Å². The number of rotatable bonds is 10. The normalized spacial score (nSPS) is 11.1. The fourth-order valence-corrected chi connectivity index (χ4v) is 4.13. The Balaban J connectivity index is 1.58. The SMILES string of the molecule is COc1cc(OC)c(C)c(N(Cc2ncc[nH]2)c2ccc3ncc(-c4cnn(CCCN)c4)nc3n2)c1. The number of aromatic nitrogens is 7. The molecule has 11 heteroatoms. The van der Waals surface area contributed by atoms with E-state index < -0.39 is 0 Å². The fourth-order valence-electron chi connectivity index (χ4n) is 4.13. The van der Waals surface area contributed by atoms with Crippen molar-refractivity contribution in [1.29, 1.82) is 0 Å². The summed E-state index contributed by atoms with van der Waals surface area (Å²) < 4.78 is 13.0. The second-order valence-electron chi connectivity index (χ2n) is 8.50. The van der Waals surface area contributed by atoms with Crippen LogP contribution < -0.4 is 20.1 Å². The molecule has 0 fully saturated rings. The Morgan fingerprint density at radius 2 is 1.97 bits per heavy atom. The van der Waals surface area contributed by atoms with E-state index in [1.54, 1.807) is 39.0 Å². The summed E-state index contributed by atoms with van der Waals surface area (Å²) in [5, 5.41) is 4.41. The number of aromatic amines is 1. The van der Waals surface area contributed by atoms with Crippen molar-refractivity contribution >= 4 is 22.7 Å². The topological polar surface area (TPSA) is 133 Å². The van der Waals surface area contributed by atoms with Gasteiger partial charge in [-0.1, -0.05) is 0 Å². The summed E-state index contributed by atoms with van der Waals surface area (Å²) in [6, 6.07) is 7.67. The van der Waals surface area contributed by atoms with Gasteiger partial charge in [0.2, 0.25) is 0 Å². The average molecular weight is 500 g/mol. The molecule has 0 saturated carbocycles. The van der Waals surface area contributed by atoms with Crippen molar-refractivity contribution in [2.45, 2.75) is 26.4 Å². The Bertz CT molecular complexity index is 1500. The Labute approximate surface area is 214 Å². The molecule has 0 unspecified atom stereocenters. The van der Waals surface area contributed by atoms with Gasteiger partial charge in [0.1, 0.15) is 28.7 Å². The minimum absolute atomic E-state index is 0.448. The number of methoxy groups -OCH3 is 2. The van der Waals surface area contributed by atoms with Crippen LogP contribution in [0.5, 0.6) is 11.5 Å². The van der Waals surface area contributed by atoms with Crippen molar-refractivity contribution < 1.29 is 9.47 Å².